The Morgan fingerprint density at radius 2 is 2.29 bits per heavy atom. The fourth-order valence-corrected chi connectivity index (χ4v) is 1.11. The van der Waals surface area contributed by atoms with Gasteiger partial charge < -0.3 is 9.84 Å². The summed E-state index contributed by atoms with van der Waals surface area (Å²) in [4.78, 5) is 10.6. The predicted molar refractivity (Wildman–Crippen MR) is 49.9 cm³/mol. The zero-order valence-corrected chi connectivity index (χ0v) is 7.92. The maximum absolute atomic E-state index is 11.7. The number of halogens is 2. The van der Waals surface area contributed by atoms with Gasteiger partial charge in [-0.15, -0.1) is 0 Å². The van der Waals surface area contributed by atoms with Crippen LogP contribution < -0.4 is 4.74 Å². The Balaban J connectivity index is 2.89. The molecule has 3 nitrogen and oxygen atoms in total. The molecule has 1 aromatic carbocycles. The molecule has 1 N–H and O–H groups in total. The van der Waals surface area contributed by atoms with Crippen molar-refractivity contribution in [2.45, 2.75) is 0 Å². The molecule has 76 valence electrons. The van der Waals surface area contributed by atoms with Crippen molar-refractivity contribution in [3.63, 3.8) is 0 Å². The van der Waals surface area contributed by atoms with Gasteiger partial charge in [-0.2, -0.15) is 0 Å². The Bertz CT molecular complexity index is 341. The molecule has 0 aromatic heterocycles. The number of carbonyl (C=O) groups is 1. The summed E-state index contributed by atoms with van der Waals surface area (Å²) in [6, 6.07) is 4.16. The van der Waals surface area contributed by atoms with E-state index in [2.05, 4.69) is 0 Å². The summed E-state index contributed by atoms with van der Waals surface area (Å²) in [5, 5.41) is 8.83. The minimum atomic E-state index is -1.14. The summed E-state index contributed by atoms with van der Waals surface area (Å²) >= 11 is 5.61. The minimum Gasteiger partial charge on any atom is -0.491 e. The van der Waals surface area contributed by atoms with E-state index in [9.17, 15) is 9.18 Å². The second-order valence-electron chi connectivity index (χ2n) is 2.48. The van der Waals surface area contributed by atoms with Crippen LogP contribution in [0.15, 0.2) is 18.2 Å². The van der Waals surface area contributed by atoms with E-state index in [4.69, 9.17) is 21.4 Å². The first-order valence-electron chi connectivity index (χ1n) is 3.86. The molecule has 0 atom stereocenters. The number of carboxylic acid groups (broad SMARTS) is 1. The Hall–Kier alpha value is -1.29. The molecular weight excluding hydrogens is 211 g/mol. The van der Waals surface area contributed by atoms with E-state index in [1.807, 2.05) is 0 Å². The fraction of sp³-hybridized carbons (Fsp3) is 0.222. The van der Waals surface area contributed by atoms with Crippen LogP contribution >= 0.6 is 11.6 Å². The molecular formula is C9H8ClFO3. The zero-order valence-electron chi connectivity index (χ0n) is 7.17. The average molecular weight is 219 g/mol. The van der Waals surface area contributed by atoms with Gasteiger partial charge in [0.05, 0.1) is 10.6 Å². The number of ether oxygens (including phenoxy) is 1. The Morgan fingerprint density at radius 1 is 1.57 bits per heavy atom. The van der Waals surface area contributed by atoms with Crippen LogP contribution in [0.25, 0.3) is 0 Å². The molecule has 14 heavy (non-hydrogen) atoms. The Morgan fingerprint density at radius 3 is 2.86 bits per heavy atom. The molecule has 0 saturated heterocycles. The molecule has 0 heterocycles. The molecule has 0 aliphatic carbocycles. The molecule has 0 aliphatic rings. The number of rotatable bonds is 4. The number of hydrogen-bond acceptors (Lipinski definition) is 2. The van der Waals surface area contributed by atoms with Crippen LogP contribution in [0.5, 0.6) is 5.75 Å². The van der Waals surface area contributed by atoms with Crippen LogP contribution in [0.1, 0.15) is 10.4 Å². The molecule has 0 saturated carbocycles. The average Bonchev–Trinajstić information content (AvgIpc) is 2.16. The third-order valence-corrected chi connectivity index (χ3v) is 1.84. The number of carboxylic acids is 1. The van der Waals surface area contributed by atoms with Gasteiger partial charge in [-0.05, 0) is 18.2 Å². The summed E-state index contributed by atoms with van der Waals surface area (Å²) in [7, 11) is 0. The molecule has 1 rings (SSSR count). The molecule has 0 bridgehead atoms. The lowest BCUT2D eigenvalue weighted by Gasteiger charge is -2.05. The standard InChI is InChI=1S/C9H8ClFO3/c10-8-2-1-6(14-4-3-11)5-7(8)9(12)13/h1-2,5H,3-4H2,(H,12,13). The molecule has 1 aromatic rings. The zero-order chi connectivity index (χ0) is 10.6. The van der Waals surface area contributed by atoms with Crippen LogP contribution in [-0.2, 0) is 0 Å². The topological polar surface area (TPSA) is 46.5 Å². The van der Waals surface area contributed by atoms with E-state index in [0.717, 1.165) is 0 Å². The van der Waals surface area contributed by atoms with E-state index in [-0.39, 0.29) is 17.2 Å². The second-order valence-corrected chi connectivity index (χ2v) is 2.89. The SMILES string of the molecule is O=C(O)c1cc(OCCF)ccc1Cl. The van der Waals surface area contributed by atoms with Gasteiger partial charge in [-0.3, -0.25) is 0 Å². The highest BCUT2D eigenvalue weighted by Gasteiger charge is 2.09. The summed E-state index contributed by atoms with van der Waals surface area (Å²) in [5.41, 5.74) is -0.0528. The van der Waals surface area contributed by atoms with E-state index < -0.39 is 12.6 Å². The van der Waals surface area contributed by atoms with Crippen molar-refractivity contribution in [1.29, 1.82) is 0 Å². The van der Waals surface area contributed by atoms with E-state index in [1.54, 1.807) is 0 Å². The highest BCUT2D eigenvalue weighted by atomic mass is 35.5. The van der Waals surface area contributed by atoms with Gasteiger partial charge in [0.1, 0.15) is 19.0 Å². The number of aromatic carboxylic acids is 1. The third-order valence-electron chi connectivity index (χ3n) is 1.51. The lowest BCUT2D eigenvalue weighted by molar-refractivity contribution is 0.0696. The van der Waals surface area contributed by atoms with Crippen molar-refractivity contribution in [2.24, 2.45) is 0 Å². The van der Waals surface area contributed by atoms with Gasteiger partial charge in [-0.1, -0.05) is 11.6 Å². The van der Waals surface area contributed by atoms with Crippen molar-refractivity contribution < 1.29 is 19.0 Å². The molecule has 5 heteroatoms. The molecule has 0 aliphatic heterocycles. The number of hydrogen-bond donors (Lipinski definition) is 1. The summed E-state index contributed by atoms with van der Waals surface area (Å²) in [6.45, 7) is -0.717. The monoisotopic (exact) mass is 218 g/mol. The second kappa shape index (κ2) is 4.81. The minimum absolute atomic E-state index is 0.0528. The fourth-order valence-electron chi connectivity index (χ4n) is 0.914. The first kappa shape index (κ1) is 10.8. The van der Waals surface area contributed by atoms with E-state index in [1.165, 1.54) is 18.2 Å². The largest absolute Gasteiger partial charge is 0.491 e. The van der Waals surface area contributed by atoms with Crippen LogP contribution in [-0.4, -0.2) is 24.4 Å². The van der Waals surface area contributed by atoms with Crippen molar-refractivity contribution in [1.82, 2.24) is 0 Å². The third kappa shape index (κ3) is 2.60. The van der Waals surface area contributed by atoms with Crippen LogP contribution in [0, 0.1) is 0 Å². The van der Waals surface area contributed by atoms with Crippen molar-refractivity contribution >= 4 is 17.6 Å². The van der Waals surface area contributed by atoms with Crippen molar-refractivity contribution in [3.05, 3.63) is 28.8 Å². The summed E-state index contributed by atoms with van der Waals surface area (Å²) in [6.07, 6.45) is 0. The van der Waals surface area contributed by atoms with Crippen LogP contribution in [0.3, 0.4) is 0 Å². The lowest BCUT2D eigenvalue weighted by atomic mass is 10.2. The summed E-state index contributed by atoms with van der Waals surface area (Å²) in [5.74, 6) is -0.842. The maximum Gasteiger partial charge on any atom is 0.337 e. The lowest BCUT2D eigenvalue weighted by Crippen LogP contribution is -2.02. The molecule has 0 radical (unpaired) electrons. The van der Waals surface area contributed by atoms with E-state index >= 15 is 0 Å². The molecule has 0 amide bonds. The Labute approximate surface area is 85.1 Å². The van der Waals surface area contributed by atoms with Crippen LogP contribution in [0.4, 0.5) is 4.39 Å². The quantitative estimate of drug-likeness (QED) is 0.844. The number of alkyl halides is 1. The van der Waals surface area contributed by atoms with Gasteiger partial charge >= 0.3 is 5.97 Å². The number of benzene rings is 1. The van der Waals surface area contributed by atoms with Crippen LogP contribution in [0.2, 0.25) is 5.02 Å². The first-order valence-corrected chi connectivity index (χ1v) is 4.24. The predicted octanol–water partition coefficient (Wildman–Crippen LogP) is 2.39. The first-order chi connectivity index (χ1) is 6.65. The Kier molecular flexibility index (Phi) is 3.71. The van der Waals surface area contributed by atoms with Gasteiger partial charge in [0.25, 0.3) is 0 Å². The maximum atomic E-state index is 11.7. The highest BCUT2D eigenvalue weighted by Crippen LogP contribution is 2.21. The van der Waals surface area contributed by atoms with Crippen molar-refractivity contribution in [2.75, 3.05) is 13.3 Å². The van der Waals surface area contributed by atoms with Crippen molar-refractivity contribution in [3.8, 4) is 5.75 Å². The summed E-state index contributed by atoms with van der Waals surface area (Å²) < 4.78 is 16.7. The molecule has 0 spiro atoms. The van der Waals surface area contributed by atoms with Gasteiger partial charge in [-0.25, -0.2) is 9.18 Å². The molecule has 0 fully saturated rings. The van der Waals surface area contributed by atoms with Gasteiger partial charge in [0, 0.05) is 0 Å². The smallest absolute Gasteiger partial charge is 0.337 e. The van der Waals surface area contributed by atoms with Gasteiger partial charge in [0.15, 0.2) is 0 Å². The van der Waals surface area contributed by atoms with Gasteiger partial charge in [0.2, 0.25) is 0 Å². The van der Waals surface area contributed by atoms with E-state index in [0.29, 0.717) is 5.75 Å². The highest BCUT2D eigenvalue weighted by molar-refractivity contribution is 6.33. The normalized spacial score (nSPS) is 9.86. The molecule has 0 unspecified atom stereocenters.